The second-order valence-electron chi connectivity index (χ2n) is 7.54. The van der Waals surface area contributed by atoms with Gasteiger partial charge in [-0.1, -0.05) is 27.7 Å². The Morgan fingerprint density at radius 2 is 2.09 bits per heavy atom. The van der Waals surface area contributed by atoms with Gasteiger partial charge < -0.3 is 14.4 Å². The predicted molar refractivity (Wildman–Crippen MR) is 85.0 cm³/mol. The van der Waals surface area contributed by atoms with Gasteiger partial charge in [-0.15, -0.1) is 0 Å². The van der Waals surface area contributed by atoms with Crippen molar-refractivity contribution in [2.45, 2.75) is 52.4 Å². The molecule has 2 unspecified atom stereocenters. The Hall–Kier alpha value is -1.85. The molecule has 2 rings (SSSR count). The van der Waals surface area contributed by atoms with Crippen LogP contribution in [-0.4, -0.2) is 40.0 Å². The number of rotatable bonds is 4. The molecule has 1 saturated heterocycles. The lowest BCUT2D eigenvalue weighted by Crippen LogP contribution is -2.45. The average molecular weight is 322 g/mol. The van der Waals surface area contributed by atoms with Crippen LogP contribution < -0.4 is 0 Å². The highest BCUT2D eigenvalue weighted by Gasteiger charge is 2.31. The zero-order valence-corrected chi connectivity index (χ0v) is 14.3. The number of oxazole rings is 1. The van der Waals surface area contributed by atoms with Gasteiger partial charge in [-0.25, -0.2) is 4.98 Å². The van der Waals surface area contributed by atoms with Gasteiger partial charge in [-0.3, -0.25) is 9.59 Å². The van der Waals surface area contributed by atoms with Gasteiger partial charge in [0.1, 0.15) is 5.76 Å². The van der Waals surface area contributed by atoms with Gasteiger partial charge in [0.05, 0.1) is 12.1 Å². The van der Waals surface area contributed by atoms with Crippen molar-refractivity contribution >= 4 is 11.9 Å². The van der Waals surface area contributed by atoms with E-state index in [4.69, 9.17) is 4.42 Å². The molecule has 6 nitrogen and oxygen atoms in total. The van der Waals surface area contributed by atoms with Crippen LogP contribution >= 0.6 is 0 Å². The lowest BCUT2D eigenvalue weighted by atomic mass is 9.90. The molecule has 1 aromatic heterocycles. The van der Waals surface area contributed by atoms with Crippen molar-refractivity contribution in [1.82, 2.24) is 9.88 Å². The van der Waals surface area contributed by atoms with E-state index in [1.54, 1.807) is 11.1 Å². The monoisotopic (exact) mass is 322 g/mol. The second-order valence-corrected chi connectivity index (χ2v) is 7.54. The molecule has 128 valence electrons. The number of carboxylic acid groups (broad SMARTS) is 1. The molecule has 1 fully saturated rings. The summed E-state index contributed by atoms with van der Waals surface area (Å²) < 4.78 is 5.69. The van der Waals surface area contributed by atoms with Crippen LogP contribution in [0.4, 0.5) is 0 Å². The van der Waals surface area contributed by atoms with Gasteiger partial charge in [-0.05, 0) is 12.3 Å². The van der Waals surface area contributed by atoms with Crippen molar-refractivity contribution in [2.75, 3.05) is 13.1 Å². The number of piperidine rings is 1. The number of carbonyl (C=O) groups excluding carboxylic acids is 1. The number of hydrogen-bond acceptors (Lipinski definition) is 4. The molecule has 0 saturated carbocycles. The summed E-state index contributed by atoms with van der Waals surface area (Å²) in [6.07, 6.45) is 3.08. The fraction of sp³-hybridized carbons (Fsp3) is 0.706. The van der Waals surface area contributed by atoms with Gasteiger partial charge >= 0.3 is 5.97 Å². The zero-order valence-electron chi connectivity index (χ0n) is 14.3. The minimum absolute atomic E-state index is 0.0293. The largest absolute Gasteiger partial charge is 0.481 e. The average Bonchev–Trinajstić information content (AvgIpc) is 2.93. The van der Waals surface area contributed by atoms with Crippen LogP contribution in [0.25, 0.3) is 0 Å². The zero-order chi connectivity index (χ0) is 17.2. The van der Waals surface area contributed by atoms with Crippen molar-refractivity contribution in [3.05, 3.63) is 17.8 Å². The minimum Gasteiger partial charge on any atom is -0.481 e. The summed E-state index contributed by atoms with van der Waals surface area (Å²) in [5.74, 6) is 0.260. The maximum atomic E-state index is 12.4. The van der Waals surface area contributed by atoms with E-state index < -0.39 is 11.9 Å². The molecule has 1 N–H and O–H groups in total. The van der Waals surface area contributed by atoms with Crippen LogP contribution in [0.2, 0.25) is 0 Å². The van der Waals surface area contributed by atoms with Crippen molar-refractivity contribution in [1.29, 1.82) is 0 Å². The van der Waals surface area contributed by atoms with Crippen molar-refractivity contribution in [3.8, 4) is 0 Å². The number of aromatic nitrogens is 1. The molecule has 1 aliphatic heterocycles. The Morgan fingerprint density at radius 3 is 2.65 bits per heavy atom. The third-order valence-electron chi connectivity index (χ3n) is 4.21. The summed E-state index contributed by atoms with van der Waals surface area (Å²) in [7, 11) is 0. The first-order valence-corrected chi connectivity index (χ1v) is 8.12. The van der Waals surface area contributed by atoms with E-state index in [-0.39, 0.29) is 17.2 Å². The van der Waals surface area contributed by atoms with Crippen molar-refractivity contribution in [3.63, 3.8) is 0 Å². The summed E-state index contributed by atoms with van der Waals surface area (Å²) in [6.45, 7) is 9.05. The minimum atomic E-state index is -0.822. The first kappa shape index (κ1) is 17.5. The quantitative estimate of drug-likeness (QED) is 0.920. The van der Waals surface area contributed by atoms with Crippen molar-refractivity contribution < 1.29 is 19.1 Å². The lowest BCUT2D eigenvalue weighted by molar-refractivity contribution is -0.146. The van der Waals surface area contributed by atoms with E-state index in [2.05, 4.69) is 4.98 Å². The van der Waals surface area contributed by atoms with Gasteiger partial charge in [0.25, 0.3) is 0 Å². The molecule has 0 bridgehead atoms. The molecule has 1 aromatic rings. The predicted octanol–water partition coefficient (Wildman–Crippen LogP) is 2.47. The molecule has 6 heteroatoms. The molecular weight excluding hydrogens is 296 g/mol. The van der Waals surface area contributed by atoms with Gasteiger partial charge in [0, 0.05) is 31.3 Å². The first-order valence-electron chi connectivity index (χ1n) is 8.12. The van der Waals surface area contributed by atoms with Crippen LogP contribution in [0, 0.1) is 11.8 Å². The number of aryl methyl sites for hydroxylation is 1. The van der Waals surface area contributed by atoms with Crippen LogP contribution in [-0.2, 0) is 21.4 Å². The fourth-order valence-corrected chi connectivity index (χ4v) is 2.88. The van der Waals surface area contributed by atoms with Crippen LogP contribution in [0.15, 0.2) is 10.6 Å². The van der Waals surface area contributed by atoms with Gasteiger partial charge in [-0.2, -0.15) is 0 Å². The summed E-state index contributed by atoms with van der Waals surface area (Å²) >= 11 is 0. The molecule has 1 aliphatic rings. The molecule has 0 aliphatic carbocycles. The van der Waals surface area contributed by atoms with E-state index in [0.717, 1.165) is 5.76 Å². The summed E-state index contributed by atoms with van der Waals surface area (Å²) in [4.78, 5) is 29.4. The maximum Gasteiger partial charge on any atom is 0.308 e. The highest BCUT2D eigenvalue weighted by atomic mass is 16.4. The van der Waals surface area contributed by atoms with E-state index in [0.29, 0.717) is 38.2 Å². The van der Waals surface area contributed by atoms with E-state index in [1.807, 2.05) is 27.7 Å². The SMILES string of the molecule is CC1CC(C(=O)O)CN(C(=O)CCc2ncc(C(C)(C)C)o2)C1. The molecule has 0 spiro atoms. The van der Waals surface area contributed by atoms with E-state index in [1.165, 1.54) is 0 Å². The number of carboxylic acids is 1. The third-order valence-corrected chi connectivity index (χ3v) is 4.21. The third kappa shape index (κ3) is 4.56. The Morgan fingerprint density at radius 1 is 1.39 bits per heavy atom. The lowest BCUT2D eigenvalue weighted by Gasteiger charge is -2.34. The van der Waals surface area contributed by atoms with Gasteiger partial charge in [0.15, 0.2) is 5.89 Å². The molecule has 23 heavy (non-hydrogen) atoms. The summed E-state index contributed by atoms with van der Waals surface area (Å²) in [6, 6.07) is 0. The van der Waals surface area contributed by atoms with Crippen LogP contribution in [0.5, 0.6) is 0 Å². The molecule has 1 amide bonds. The number of amides is 1. The van der Waals surface area contributed by atoms with Crippen molar-refractivity contribution in [2.24, 2.45) is 11.8 Å². The topological polar surface area (TPSA) is 83.6 Å². The molecular formula is C17H26N2O4. The van der Waals surface area contributed by atoms with Crippen LogP contribution in [0.3, 0.4) is 0 Å². The number of nitrogens with zero attached hydrogens (tertiary/aromatic N) is 2. The maximum absolute atomic E-state index is 12.4. The first-order chi connectivity index (χ1) is 10.7. The smallest absolute Gasteiger partial charge is 0.308 e. The fourth-order valence-electron chi connectivity index (χ4n) is 2.88. The standard InChI is InChI=1S/C17H26N2O4/c1-11-7-12(16(21)22)10-19(9-11)15(20)6-5-14-18-8-13(23-14)17(2,3)4/h8,11-12H,5-7,9-10H2,1-4H3,(H,21,22). The Kier molecular flexibility index (Phi) is 5.12. The second kappa shape index (κ2) is 6.72. The summed E-state index contributed by atoms with van der Waals surface area (Å²) in [5.41, 5.74) is -0.105. The normalized spacial score (nSPS) is 22.2. The highest BCUT2D eigenvalue weighted by molar-refractivity contribution is 5.78. The highest BCUT2D eigenvalue weighted by Crippen LogP contribution is 2.24. The van der Waals surface area contributed by atoms with Crippen LogP contribution in [0.1, 0.15) is 52.2 Å². The Bertz CT molecular complexity index is 573. The molecule has 2 heterocycles. The molecule has 2 atom stereocenters. The number of carbonyl (C=O) groups is 2. The molecule has 0 aromatic carbocycles. The Balaban J connectivity index is 1.91. The van der Waals surface area contributed by atoms with Gasteiger partial charge in [0.2, 0.25) is 5.91 Å². The summed E-state index contributed by atoms with van der Waals surface area (Å²) in [5, 5.41) is 9.18. The number of aliphatic carboxylic acids is 1. The van der Waals surface area contributed by atoms with E-state index >= 15 is 0 Å². The number of likely N-dealkylation sites (tertiary alicyclic amines) is 1. The Labute approximate surface area is 136 Å². The number of hydrogen-bond donors (Lipinski definition) is 1. The van der Waals surface area contributed by atoms with E-state index in [9.17, 15) is 14.7 Å². The molecule has 0 radical (unpaired) electrons.